The maximum atomic E-state index is 5.78. The van der Waals surface area contributed by atoms with Gasteiger partial charge in [0.15, 0.2) is 0 Å². The molecule has 0 saturated carbocycles. The zero-order chi connectivity index (χ0) is 10.6. The van der Waals surface area contributed by atoms with Gasteiger partial charge in [-0.2, -0.15) is 0 Å². The first-order valence-corrected chi connectivity index (χ1v) is 6.10. The number of hydrogen-bond donors (Lipinski definition) is 1. The van der Waals surface area contributed by atoms with Gasteiger partial charge in [-0.05, 0) is 49.3 Å². The molecular formula is C12H19NS. The van der Waals surface area contributed by atoms with Crippen LogP contribution in [0.2, 0.25) is 0 Å². The lowest BCUT2D eigenvalue weighted by atomic mass is 10.0. The van der Waals surface area contributed by atoms with Gasteiger partial charge in [0.05, 0.1) is 0 Å². The third-order valence-electron chi connectivity index (χ3n) is 2.17. The Hall–Kier alpha value is -0.470. The van der Waals surface area contributed by atoms with Crippen molar-refractivity contribution in [2.75, 3.05) is 5.75 Å². The van der Waals surface area contributed by atoms with Crippen LogP contribution in [0.4, 0.5) is 0 Å². The van der Waals surface area contributed by atoms with Gasteiger partial charge in [0.1, 0.15) is 0 Å². The Bertz CT molecular complexity index is 294. The summed E-state index contributed by atoms with van der Waals surface area (Å²) in [6.07, 6.45) is 0.975. The van der Waals surface area contributed by atoms with Gasteiger partial charge in [-0.25, -0.2) is 0 Å². The third-order valence-corrected chi connectivity index (χ3v) is 3.04. The minimum absolute atomic E-state index is 0.248. The van der Waals surface area contributed by atoms with E-state index in [2.05, 4.69) is 32.0 Å². The molecule has 0 spiro atoms. The van der Waals surface area contributed by atoms with Crippen LogP contribution in [0.1, 0.15) is 25.0 Å². The first-order valence-electron chi connectivity index (χ1n) is 5.11. The highest BCUT2D eigenvalue weighted by molar-refractivity contribution is 7.99. The molecule has 0 saturated heterocycles. The molecule has 0 heterocycles. The molecule has 0 radical (unpaired) electrons. The van der Waals surface area contributed by atoms with Gasteiger partial charge < -0.3 is 5.73 Å². The Labute approximate surface area is 91.1 Å². The van der Waals surface area contributed by atoms with Crippen molar-refractivity contribution in [2.45, 2.75) is 38.1 Å². The third kappa shape index (κ3) is 3.35. The summed E-state index contributed by atoms with van der Waals surface area (Å²) in [5.41, 5.74) is 8.52. The van der Waals surface area contributed by atoms with Crippen molar-refractivity contribution < 1.29 is 0 Å². The van der Waals surface area contributed by atoms with Gasteiger partial charge in [0, 0.05) is 10.9 Å². The van der Waals surface area contributed by atoms with E-state index < -0.39 is 0 Å². The summed E-state index contributed by atoms with van der Waals surface area (Å²) in [7, 11) is 0. The first kappa shape index (κ1) is 11.6. The lowest BCUT2D eigenvalue weighted by Crippen LogP contribution is -2.18. The fourth-order valence-corrected chi connectivity index (χ4v) is 2.26. The van der Waals surface area contributed by atoms with Gasteiger partial charge in [-0.15, -0.1) is 11.8 Å². The van der Waals surface area contributed by atoms with E-state index in [1.54, 1.807) is 0 Å². The van der Waals surface area contributed by atoms with Crippen LogP contribution in [0.5, 0.6) is 0 Å². The van der Waals surface area contributed by atoms with E-state index in [-0.39, 0.29) is 6.04 Å². The highest BCUT2D eigenvalue weighted by Gasteiger charge is 2.02. The minimum Gasteiger partial charge on any atom is -0.328 e. The van der Waals surface area contributed by atoms with Crippen molar-refractivity contribution in [3.8, 4) is 0 Å². The molecule has 0 aliphatic rings. The SMILES string of the molecule is CCSc1ccc(CC(C)N)c(C)c1. The normalized spacial score (nSPS) is 12.9. The van der Waals surface area contributed by atoms with Crippen molar-refractivity contribution in [2.24, 2.45) is 5.73 Å². The van der Waals surface area contributed by atoms with Crippen molar-refractivity contribution in [1.29, 1.82) is 0 Å². The first-order chi connectivity index (χ1) is 6.63. The number of nitrogens with two attached hydrogens (primary N) is 1. The molecule has 1 rings (SSSR count). The largest absolute Gasteiger partial charge is 0.328 e. The predicted molar refractivity (Wildman–Crippen MR) is 64.9 cm³/mol. The van der Waals surface area contributed by atoms with Crippen LogP contribution in [0, 0.1) is 6.92 Å². The molecule has 0 bridgehead atoms. The number of thioether (sulfide) groups is 1. The van der Waals surface area contributed by atoms with Gasteiger partial charge in [-0.1, -0.05) is 13.0 Å². The summed E-state index contributed by atoms with van der Waals surface area (Å²) in [5, 5.41) is 0. The second-order valence-electron chi connectivity index (χ2n) is 3.70. The maximum Gasteiger partial charge on any atom is 0.00746 e. The van der Waals surface area contributed by atoms with Gasteiger partial charge >= 0.3 is 0 Å². The monoisotopic (exact) mass is 209 g/mol. The number of aryl methyl sites for hydroxylation is 1. The molecule has 78 valence electrons. The van der Waals surface area contributed by atoms with Crippen LogP contribution in [-0.2, 0) is 6.42 Å². The van der Waals surface area contributed by atoms with E-state index in [0.29, 0.717) is 0 Å². The molecule has 0 aromatic heterocycles. The summed E-state index contributed by atoms with van der Waals surface area (Å²) in [4.78, 5) is 1.36. The minimum atomic E-state index is 0.248. The Balaban J connectivity index is 2.79. The molecule has 2 N–H and O–H groups in total. The molecule has 1 aromatic rings. The zero-order valence-corrected chi connectivity index (χ0v) is 10.0. The predicted octanol–water partition coefficient (Wildman–Crippen LogP) is 3.00. The molecule has 0 aliphatic carbocycles. The van der Waals surface area contributed by atoms with Crippen LogP contribution in [0.3, 0.4) is 0 Å². The van der Waals surface area contributed by atoms with E-state index in [4.69, 9.17) is 5.73 Å². The number of rotatable bonds is 4. The molecule has 1 atom stereocenters. The number of hydrogen-bond acceptors (Lipinski definition) is 2. The van der Waals surface area contributed by atoms with Gasteiger partial charge in [0.25, 0.3) is 0 Å². The summed E-state index contributed by atoms with van der Waals surface area (Å²) >= 11 is 1.89. The molecule has 0 fully saturated rings. The summed E-state index contributed by atoms with van der Waals surface area (Å²) in [5.74, 6) is 1.13. The lowest BCUT2D eigenvalue weighted by molar-refractivity contribution is 0.734. The average molecular weight is 209 g/mol. The topological polar surface area (TPSA) is 26.0 Å². The maximum absolute atomic E-state index is 5.78. The average Bonchev–Trinajstić information content (AvgIpc) is 2.10. The fraction of sp³-hybridized carbons (Fsp3) is 0.500. The van der Waals surface area contributed by atoms with Gasteiger partial charge in [0.2, 0.25) is 0 Å². The molecular weight excluding hydrogens is 190 g/mol. The molecule has 1 unspecified atom stereocenters. The van der Waals surface area contributed by atoms with E-state index in [0.717, 1.165) is 12.2 Å². The van der Waals surface area contributed by atoms with Crippen molar-refractivity contribution in [3.63, 3.8) is 0 Å². The number of benzene rings is 1. The van der Waals surface area contributed by atoms with Crippen LogP contribution >= 0.6 is 11.8 Å². The van der Waals surface area contributed by atoms with Crippen LogP contribution < -0.4 is 5.73 Å². The Kier molecular flexibility index (Phi) is 4.49. The van der Waals surface area contributed by atoms with E-state index in [1.165, 1.54) is 16.0 Å². The molecule has 1 nitrogen and oxygen atoms in total. The smallest absolute Gasteiger partial charge is 0.00746 e. The highest BCUT2D eigenvalue weighted by Crippen LogP contribution is 2.21. The fourth-order valence-electron chi connectivity index (χ4n) is 1.50. The lowest BCUT2D eigenvalue weighted by Gasteiger charge is -2.10. The molecule has 0 amide bonds. The zero-order valence-electron chi connectivity index (χ0n) is 9.21. The van der Waals surface area contributed by atoms with Crippen molar-refractivity contribution in [1.82, 2.24) is 0 Å². The molecule has 2 heteroatoms. The Morgan fingerprint density at radius 2 is 2.14 bits per heavy atom. The van der Waals surface area contributed by atoms with Crippen LogP contribution in [-0.4, -0.2) is 11.8 Å². The van der Waals surface area contributed by atoms with E-state index in [1.807, 2.05) is 18.7 Å². The summed E-state index contributed by atoms with van der Waals surface area (Å²) in [6, 6.07) is 6.90. The highest BCUT2D eigenvalue weighted by atomic mass is 32.2. The van der Waals surface area contributed by atoms with Crippen LogP contribution in [0.25, 0.3) is 0 Å². The van der Waals surface area contributed by atoms with Crippen molar-refractivity contribution in [3.05, 3.63) is 29.3 Å². The van der Waals surface area contributed by atoms with Crippen molar-refractivity contribution >= 4 is 11.8 Å². The second-order valence-corrected chi connectivity index (χ2v) is 5.04. The second kappa shape index (κ2) is 5.42. The van der Waals surface area contributed by atoms with E-state index in [9.17, 15) is 0 Å². The summed E-state index contributed by atoms with van der Waals surface area (Å²) < 4.78 is 0. The molecule has 1 aromatic carbocycles. The van der Waals surface area contributed by atoms with Crippen LogP contribution in [0.15, 0.2) is 23.1 Å². The Morgan fingerprint density at radius 3 is 2.64 bits per heavy atom. The quantitative estimate of drug-likeness (QED) is 0.771. The van der Waals surface area contributed by atoms with E-state index >= 15 is 0 Å². The Morgan fingerprint density at radius 1 is 1.43 bits per heavy atom. The standard InChI is InChI=1S/C12H19NS/c1-4-14-12-6-5-11(8-10(3)13)9(2)7-12/h5-7,10H,4,8,13H2,1-3H3. The van der Waals surface area contributed by atoms with Gasteiger partial charge in [-0.3, -0.25) is 0 Å². The molecule has 14 heavy (non-hydrogen) atoms. The summed E-state index contributed by atoms with van der Waals surface area (Å²) in [6.45, 7) is 6.39. The molecule has 0 aliphatic heterocycles.